The van der Waals surface area contributed by atoms with E-state index in [0.717, 1.165) is 19.3 Å². The molecule has 0 heterocycles. The van der Waals surface area contributed by atoms with Gasteiger partial charge in [0.2, 0.25) is 11.8 Å². The smallest absolute Gasteiger partial charge is 0.224 e. The van der Waals surface area contributed by atoms with Crippen molar-refractivity contribution in [3.8, 4) is 0 Å². The molecular weight excluding hydrogens is 206 g/mol. The Hall–Kier alpha value is -1.10. The first kappa shape index (κ1) is 13.0. The Balaban J connectivity index is 2.27. The van der Waals surface area contributed by atoms with E-state index in [2.05, 4.69) is 5.32 Å². The summed E-state index contributed by atoms with van der Waals surface area (Å²) in [5.41, 5.74) is 5.72. The summed E-state index contributed by atoms with van der Waals surface area (Å²) in [6.45, 7) is 0.453. The van der Waals surface area contributed by atoms with Gasteiger partial charge in [-0.2, -0.15) is 0 Å². The van der Waals surface area contributed by atoms with Crippen LogP contribution in [-0.4, -0.2) is 42.9 Å². The number of rotatable bonds is 5. The number of carbonyl (C=O) groups is 2. The van der Waals surface area contributed by atoms with Crippen molar-refractivity contribution >= 4 is 11.8 Å². The van der Waals surface area contributed by atoms with Crippen molar-refractivity contribution in [1.82, 2.24) is 10.2 Å². The molecule has 2 amide bonds. The summed E-state index contributed by atoms with van der Waals surface area (Å²) >= 11 is 0. The molecule has 1 aliphatic carbocycles. The van der Waals surface area contributed by atoms with E-state index in [1.165, 1.54) is 0 Å². The van der Waals surface area contributed by atoms with Gasteiger partial charge in [-0.3, -0.25) is 9.59 Å². The van der Waals surface area contributed by atoms with Crippen LogP contribution in [0.3, 0.4) is 0 Å². The van der Waals surface area contributed by atoms with Crippen molar-refractivity contribution in [2.45, 2.75) is 37.6 Å². The molecule has 0 spiro atoms. The number of hydrogen-bond acceptors (Lipinski definition) is 3. The van der Waals surface area contributed by atoms with Gasteiger partial charge >= 0.3 is 0 Å². The summed E-state index contributed by atoms with van der Waals surface area (Å²) in [5, 5.41) is 2.53. The zero-order valence-corrected chi connectivity index (χ0v) is 10.1. The van der Waals surface area contributed by atoms with Crippen LogP contribution >= 0.6 is 0 Å². The highest BCUT2D eigenvalue weighted by Gasteiger charge is 2.35. The molecule has 0 saturated heterocycles. The molecule has 5 nitrogen and oxygen atoms in total. The highest BCUT2D eigenvalue weighted by atomic mass is 16.2. The minimum Gasteiger partial charge on any atom is -0.359 e. The lowest BCUT2D eigenvalue weighted by Gasteiger charge is -2.38. The van der Waals surface area contributed by atoms with Crippen molar-refractivity contribution in [2.75, 3.05) is 20.6 Å². The number of nitrogens with two attached hydrogens (primary N) is 1. The standard InChI is InChI=1S/C11H21N3O2/c1-13-9(15)4-7-14(2)10(16)8-11(12)5-3-6-11/h3-8,12H2,1-2H3,(H,13,15). The van der Waals surface area contributed by atoms with E-state index in [9.17, 15) is 9.59 Å². The summed E-state index contributed by atoms with van der Waals surface area (Å²) in [5.74, 6) is -0.0168. The van der Waals surface area contributed by atoms with E-state index in [-0.39, 0.29) is 17.4 Å². The average molecular weight is 227 g/mol. The lowest BCUT2D eigenvalue weighted by Crippen LogP contribution is -2.50. The molecule has 1 aliphatic rings. The van der Waals surface area contributed by atoms with Crippen LogP contribution in [0.1, 0.15) is 32.1 Å². The Morgan fingerprint density at radius 3 is 2.50 bits per heavy atom. The van der Waals surface area contributed by atoms with Crippen LogP contribution in [0.5, 0.6) is 0 Å². The maximum absolute atomic E-state index is 11.8. The second-order valence-corrected chi connectivity index (χ2v) is 4.63. The lowest BCUT2D eigenvalue weighted by molar-refractivity contribution is -0.132. The predicted molar refractivity (Wildman–Crippen MR) is 61.7 cm³/mol. The van der Waals surface area contributed by atoms with Crippen LogP contribution in [0.2, 0.25) is 0 Å². The Labute approximate surface area is 96.4 Å². The Kier molecular flexibility index (Phi) is 4.29. The van der Waals surface area contributed by atoms with Gasteiger partial charge in [0, 0.05) is 39.0 Å². The van der Waals surface area contributed by atoms with E-state index in [4.69, 9.17) is 5.73 Å². The molecule has 16 heavy (non-hydrogen) atoms. The van der Waals surface area contributed by atoms with Crippen molar-refractivity contribution < 1.29 is 9.59 Å². The zero-order valence-electron chi connectivity index (χ0n) is 10.1. The van der Waals surface area contributed by atoms with Crippen molar-refractivity contribution in [2.24, 2.45) is 5.73 Å². The predicted octanol–water partition coefficient (Wildman–Crippen LogP) is -0.148. The van der Waals surface area contributed by atoms with Crippen LogP contribution in [0, 0.1) is 0 Å². The van der Waals surface area contributed by atoms with E-state index >= 15 is 0 Å². The number of nitrogens with one attached hydrogen (secondary N) is 1. The van der Waals surface area contributed by atoms with Gasteiger partial charge in [0.1, 0.15) is 0 Å². The molecule has 92 valence electrons. The molecule has 1 rings (SSSR count). The van der Waals surface area contributed by atoms with Crippen LogP contribution in [0.4, 0.5) is 0 Å². The molecule has 5 heteroatoms. The molecule has 1 saturated carbocycles. The van der Waals surface area contributed by atoms with Gasteiger partial charge in [0.15, 0.2) is 0 Å². The maximum Gasteiger partial charge on any atom is 0.224 e. The Morgan fingerprint density at radius 1 is 1.44 bits per heavy atom. The topological polar surface area (TPSA) is 75.4 Å². The van der Waals surface area contributed by atoms with E-state index in [0.29, 0.717) is 19.4 Å². The number of carbonyl (C=O) groups excluding carboxylic acids is 2. The van der Waals surface area contributed by atoms with Crippen molar-refractivity contribution in [1.29, 1.82) is 0 Å². The van der Waals surface area contributed by atoms with Gasteiger partial charge in [0.05, 0.1) is 0 Å². The third-order valence-corrected chi connectivity index (χ3v) is 3.23. The molecular formula is C11H21N3O2. The molecule has 1 fully saturated rings. The summed E-state index contributed by atoms with van der Waals surface area (Å²) in [6, 6.07) is 0. The minimum absolute atomic E-state index is 0.0334. The number of hydrogen-bond donors (Lipinski definition) is 2. The molecule has 0 unspecified atom stereocenters. The van der Waals surface area contributed by atoms with Gasteiger partial charge in [-0.15, -0.1) is 0 Å². The first-order valence-electron chi connectivity index (χ1n) is 5.70. The molecule has 0 aromatic heterocycles. The summed E-state index contributed by atoms with van der Waals surface area (Å²) < 4.78 is 0. The highest BCUT2D eigenvalue weighted by molar-refractivity contribution is 5.79. The molecule has 0 aliphatic heterocycles. The quantitative estimate of drug-likeness (QED) is 0.686. The minimum atomic E-state index is -0.279. The van der Waals surface area contributed by atoms with E-state index in [1.54, 1.807) is 19.0 Å². The summed E-state index contributed by atoms with van der Waals surface area (Å²) in [7, 11) is 3.31. The first-order valence-corrected chi connectivity index (χ1v) is 5.70. The Morgan fingerprint density at radius 2 is 2.06 bits per heavy atom. The second-order valence-electron chi connectivity index (χ2n) is 4.63. The second kappa shape index (κ2) is 5.30. The van der Waals surface area contributed by atoms with Crippen LogP contribution in [-0.2, 0) is 9.59 Å². The van der Waals surface area contributed by atoms with Gasteiger partial charge in [-0.05, 0) is 19.3 Å². The first-order chi connectivity index (χ1) is 7.47. The largest absolute Gasteiger partial charge is 0.359 e. The molecule has 0 aromatic carbocycles. The van der Waals surface area contributed by atoms with Gasteiger partial charge in [-0.1, -0.05) is 0 Å². The van der Waals surface area contributed by atoms with Gasteiger partial charge < -0.3 is 16.0 Å². The fourth-order valence-corrected chi connectivity index (χ4v) is 1.76. The molecule has 0 aromatic rings. The van der Waals surface area contributed by atoms with Crippen LogP contribution in [0.15, 0.2) is 0 Å². The van der Waals surface area contributed by atoms with E-state index < -0.39 is 0 Å². The molecule has 0 atom stereocenters. The van der Waals surface area contributed by atoms with E-state index in [1.807, 2.05) is 0 Å². The fraction of sp³-hybridized carbons (Fsp3) is 0.818. The van der Waals surface area contributed by atoms with Crippen LogP contribution < -0.4 is 11.1 Å². The van der Waals surface area contributed by atoms with Gasteiger partial charge in [-0.25, -0.2) is 0 Å². The monoisotopic (exact) mass is 227 g/mol. The highest BCUT2D eigenvalue weighted by Crippen LogP contribution is 2.32. The normalized spacial score (nSPS) is 17.4. The Bertz CT molecular complexity index is 274. The van der Waals surface area contributed by atoms with Crippen LogP contribution in [0.25, 0.3) is 0 Å². The third kappa shape index (κ3) is 3.48. The maximum atomic E-state index is 11.8. The zero-order chi connectivity index (χ0) is 12.2. The van der Waals surface area contributed by atoms with Gasteiger partial charge in [0.25, 0.3) is 0 Å². The fourth-order valence-electron chi connectivity index (χ4n) is 1.76. The number of nitrogens with zero attached hydrogens (tertiary/aromatic N) is 1. The third-order valence-electron chi connectivity index (χ3n) is 3.23. The average Bonchev–Trinajstić information content (AvgIpc) is 2.22. The molecule has 3 N–H and O–H groups in total. The number of amides is 2. The SMILES string of the molecule is CNC(=O)CCN(C)C(=O)CC1(N)CCC1. The molecule has 0 bridgehead atoms. The molecule has 0 radical (unpaired) electrons. The lowest BCUT2D eigenvalue weighted by atomic mass is 9.75. The van der Waals surface area contributed by atoms with Crippen molar-refractivity contribution in [3.05, 3.63) is 0 Å². The summed E-state index contributed by atoms with van der Waals surface area (Å²) in [4.78, 5) is 24.4. The summed E-state index contributed by atoms with van der Waals surface area (Å²) in [6.07, 6.45) is 3.73. The van der Waals surface area contributed by atoms with Crippen molar-refractivity contribution in [3.63, 3.8) is 0 Å².